The molecule has 0 aromatic heterocycles. The van der Waals surface area contributed by atoms with Crippen LogP contribution in [0.1, 0.15) is 11.6 Å². The zero-order valence-corrected chi connectivity index (χ0v) is 10.8. The van der Waals surface area contributed by atoms with Gasteiger partial charge in [0.15, 0.2) is 11.5 Å². The standard InChI is InChI=1S/C15H13FN2O2/c1-20-15-7-2-10(8-14(15)19)13(9-17)18-12-5-3-11(16)4-6-12/h2-8,13,18-19H,1H3. The first kappa shape index (κ1) is 13.7. The predicted octanol–water partition coefficient (Wildman–Crippen LogP) is 3.22. The second kappa shape index (κ2) is 5.93. The van der Waals surface area contributed by atoms with E-state index < -0.39 is 6.04 Å². The van der Waals surface area contributed by atoms with Crippen LogP contribution in [0, 0.1) is 17.1 Å². The van der Waals surface area contributed by atoms with Crippen molar-refractivity contribution in [2.75, 3.05) is 12.4 Å². The van der Waals surface area contributed by atoms with E-state index in [2.05, 4.69) is 11.4 Å². The number of hydrogen-bond acceptors (Lipinski definition) is 4. The fraction of sp³-hybridized carbons (Fsp3) is 0.133. The van der Waals surface area contributed by atoms with Gasteiger partial charge in [-0.1, -0.05) is 6.07 Å². The van der Waals surface area contributed by atoms with Crippen molar-refractivity contribution in [3.05, 3.63) is 53.8 Å². The normalized spacial score (nSPS) is 11.4. The fourth-order valence-electron chi connectivity index (χ4n) is 1.79. The minimum absolute atomic E-state index is 0.0360. The number of methoxy groups -OCH3 is 1. The Labute approximate surface area is 116 Å². The third kappa shape index (κ3) is 2.98. The Morgan fingerprint density at radius 1 is 1.25 bits per heavy atom. The molecule has 102 valence electrons. The van der Waals surface area contributed by atoms with Crippen molar-refractivity contribution in [1.29, 1.82) is 5.26 Å². The van der Waals surface area contributed by atoms with Gasteiger partial charge in [0.1, 0.15) is 11.9 Å². The summed E-state index contributed by atoms with van der Waals surface area (Å²) in [6, 6.07) is 11.9. The number of nitriles is 1. The minimum Gasteiger partial charge on any atom is -0.504 e. The van der Waals surface area contributed by atoms with Crippen LogP contribution in [-0.2, 0) is 0 Å². The molecule has 1 unspecified atom stereocenters. The number of nitrogens with zero attached hydrogens (tertiary/aromatic N) is 1. The predicted molar refractivity (Wildman–Crippen MR) is 73.0 cm³/mol. The van der Waals surface area contributed by atoms with Crippen LogP contribution in [0.2, 0.25) is 0 Å². The molecular weight excluding hydrogens is 259 g/mol. The summed E-state index contributed by atoms with van der Waals surface area (Å²) >= 11 is 0. The average molecular weight is 272 g/mol. The molecule has 0 fully saturated rings. The SMILES string of the molecule is COc1ccc(C(C#N)Nc2ccc(F)cc2)cc1O. The van der Waals surface area contributed by atoms with Crippen LogP contribution in [0.5, 0.6) is 11.5 Å². The third-order valence-electron chi connectivity index (χ3n) is 2.82. The van der Waals surface area contributed by atoms with Crippen LogP contribution in [0.15, 0.2) is 42.5 Å². The summed E-state index contributed by atoms with van der Waals surface area (Å²) in [7, 11) is 1.45. The highest BCUT2D eigenvalue weighted by atomic mass is 19.1. The monoisotopic (exact) mass is 272 g/mol. The largest absolute Gasteiger partial charge is 0.504 e. The van der Waals surface area contributed by atoms with E-state index in [0.29, 0.717) is 17.0 Å². The lowest BCUT2D eigenvalue weighted by molar-refractivity contribution is 0.373. The van der Waals surface area contributed by atoms with Crippen LogP contribution in [0.25, 0.3) is 0 Å². The molecule has 1 atom stereocenters. The molecule has 0 amide bonds. The van der Waals surface area contributed by atoms with Crippen molar-refractivity contribution in [1.82, 2.24) is 0 Å². The molecule has 0 radical (unpaired) electrons. The highest BCUT2D eigenvalue weighted by molar-refractivity contribution is 5.50. The molecule has 0 aliphatic heterocycles. The van der Waals surface area contributed by atoms with Gasteiger partial charge in [-0.2, -0.15) is 5.26 Å². The number of aromatic hydroxyl groups is 1. The molecule has 0 saturated carbocycles. The third-order valence-corrected chi connectivity index (χ3v) is 2.82. The van der Waals surface area contributed by atoms with Crippen LogP contribution < -0.4 is 10.1 Å². The Morgan fingerprint density at radius 3 is 2.50 bits per heavy atom. The van der Waals surface area contributed by atoms with Crippen molar-refractivity contribution >= 4 is 5.69 Å². The van der Waals surface area contributed by atoms with Gasteiger partial charge >= 0.3 is 0 Å². The van der Waals surface area contributed by atoms with E-state index in [1.165, 1.54) is 25.3 Å². The minimum atomic E-state index is -0.655. The fourth-order valence-corrected chi connectivity index (χ4v) is 1.79. The first-order valence-electron chi connectivity index (χ1n) is 5.92. The number of phenols is 1. The number of phenolic OH excluding ortho intramolecular Hbond substituents is 1. The Balaban J connectivity index is 2.22. The van der Waals surface area contributed by atoms with Crippen LogP contribution in [0.3, 0.4) is 0 Å². The zero-order chi connectivity index (χ0) is 14.5. The van der Waals surface area contributed by atoms with Crippen molar-refractivity contribution in [2.24, 2.45) is 0 Å². The molecule has 5 heteroatoms. The second-order valence-corrected chi connectivity index (χ2v) is 4.14. The van der Waals surface area contributed by atoms with E-state index >= 15 is 0 Å². The van der Waals surface area contributed by atoms with Gasteiger partial charge in [-0.15, -0.1) is 0 Å². The lowest BCUT2D eigenvalue weighted by atomic mass is 10.1. The van der Waals surface area contributed by atoms with E-state index in [9.17, 15) is 14.8 Å². The number of anilines is 1. The Bertz CT molecular complexity index is 635. The van der Waals surface area contributed by atoms with E-state index in [1.807, 2.05) is 0 Å². The molecule has 2 aromatic rings. The van der Waals surface area contributed by atoms with Crippen molar-refractivity contribution < 1.29 is 14.2 Å². The van der Waals surface area contributed by atoms with Gasteiger partial charge in [-0.05, 0) is 42.0 Å². The maximum Gasteiger partial charge on any atom is 0.160 e. The molecule has 0 spiro atoms. The lowest BCUT2D eigenvalue weighted by Crippen LogP contribution is -2.08. The summed E-state index contributed by atoms with van der Waals surface area (Å²) in [6.07, 6.45) is 0. The number of rotatable bonds is 4. The van der Waals surface area contributed by atoms with Crippen molar-refractivity contribution in [2.45, 2.75) is 6.04 Å². The van der Waals surface area contributed by atoms with Crippen LogP contribution in [-0.4, -0.2) is 12.2 Å². The zero-order valence-electron chi connectivity index (χ0n) is 10.8. The quantitative estimate of drug-likeness (QED) is 0.897. The van der Waals surface area contributed by atoms with Crippen molar-refractivity contribution in [3.8, 4) is 17.6 Å². The molecule has 0 heterocycles. The molecule has 0 aliphatic carbocycles. The molecule has 2 rings (SSSR count). The van der Waals surface area contributed by atoms with Gasteiger partial charge in [0.2, 0.25) is 0 Å². The Kier molecular flexibility index (Phi) is 4.06. The summed E-state index contributed by atoms with van der Waals surface area (Å²) in [6.45, 7) is 0. The highest BCUT2D eigenvalue weighted by Crippen LogP contribution is 2.30. The van der Waals surface area contributed by atoms with E-state index in [0.717, 1.165) is 0 Å². The summed E-state index contributed by atoms with van der Waals surface area (Å²) in [5.41, 5.74) is 1.21. The maximum atomic E-state index is 12.8. The smallest absolute Gasteiger partial charge is 0.160 e. The van der Waals surface area contributed by atoms with E-state index in [4.69, 9.17) is 4.74 Å². The van der Waals surface area contributed by atoms with Gasteiger partial charge in [0.05, 0.1) is 13.2 Å². The van der Waals surface area contributed by atoms with Crippen LogP contribution in [0.4, 0.5) is 10.1 Å². The molecule has 20 heavy (non-hydrogen) atoms. The summed E-state index contributed by atoms with van der Waals surface area (Å²) in [4.78, 5) is 0. The van der Waals surface area contributed by atoms with Gasteiger partial charge in [-0.3, -0.25) is 0 Å². The average Bonchev–Trinajstić information content (AvgIpc) is 2.46. The van der Waals surface area contributed by atoms with Gasteiger partial charge in [-0.25, -0.2) is 4.39 Å². The molecule has 2 N–H and O–H groups in total. The Morgan fingerprint density at radius 2 is 1.95 bits per heavy atom. The summed E-state index contributed by atoms with van der Waals surface area (Å²) < 4.78 is 17.8. The number of nitrogens with one attached hydrogen (secondary N) is 1. The van der Waals surface area contributed by atoms with E-state index in [-0.39, 0.29) is 11.6 Å². The molecule has 4 nitrogen and oxygen atoms in total. The van der Waals surface area contributed by atoms with Gasteiger partial charge in [0, 0.05) is 5.69 Å². The molecule has 0 aliphatic rings. The van der Waals surface area contributed by atoms with Gasteiger partial charge < -0.3 is 15.2 Å². The Hall–Kier alpha value is -2.74. The first-order chi connectivity index (χ1) is 9.63. The molecule has 0 bridgehead atoms. The number of benzene rings is 2. The summed E-state index contributed by atoms with van der Waals surface area (Å²) in [5, 5.41) is 21.9. The maximum absolute atomic E-state index is 12.8. The molecule has 2 aromatic carbocycles. The second-order valence-electron chi connectivity index (χ2n) is 4.14. The number of halogens is 1. The topological polar surface area (TPSA) is 65.3 Å². The van der Waals surface area contributed by atoms with Crippen molar-refractivity contribution in [3.63, 3.8) is 0 Å². The van der Waals surface area contributed by atoms with Gasteiger partial charge in [0.25, 0.3) is 0 Å². The number of ether oxygens (including phenoxy) is 1. The molecular formula is C15H13FN2O2. The van der Waals surface area contributed by atoms with Crippen LogP contribution >= 0.6 is 0 Å². The number of hydrogen-bond donors (Lipinski definition) is 2. The first-order valence-corrected chi connectivity index (χ1v) is 5.92. The lowest BCUT2D eigenvalue weighted by Gasteiger charge is -2.14. The summed E-state index contributed by atoms with van der Waals surface area (Å²) in [5.74, 6) is -0.0375. The highest BCUT2D eigenvalue weighted by Gasteiger charge is 2.13. The molecule has 0 saturated heterocycles. The van der Waals surface area contributed by atoms with E-state index in [1.54, 1.807) is 24.3 Å².